The fraction of sp³-hybridized carbons (Fsp3) is 0.143. The smallest absolute Gasteiger partial charge is 0.169 e. The number of aromatic nitrogens is 2. The van der Waals surface area contributed by atoms with Crippen molar-refractivity contribution in [1.29, 1.82) is 0 Å². The summed E-state index contributed by atoms with van der Waals surface area (Å²) in [6, 6.07) is 12.2. The van der Waals surface area contributed by atoms with E-state index in [-0.39, 0.29) is 24.8 Å². The molecule has 0 unspecified atom stereocenters. The zero-order valence-corrected chi connectivity index (χ0v) is 11.5. The van der Waals surface area contributed by atoms with Crippen LogP contribution in [-0.4, -0.2) is 0 Å². The molecule has 0 aliphatic carbocycles. The second-order valence-electron chi connectivity index (χ2n) is 3.62. The Morgan fingerprint density at radius 1 is 0.556 bits per heavy atom. The zero-order valence-electron chi connectivity index (χ0n) is 9.99. The van der Waals surface area contributed by atoms with Crippen molar-refractivity contribution in [2.24, 2.45) is 0 Å². The summed E-state index contributed by atoms with van der Waals surface area (Å²) < 4.78 is 4.29. The Kier molecular flexibility index (Phi) is 8.89. The molecule has 0 spiro atoms. The second-order valence-corrected chi connectivity index (χ2v) is 3.62. The molecule has 2 aromatic rings. The molecular weight excluding hydrogens is 267 g/mol. The normalized spacial score (nSPS) is 9.56. The Morgan fingerprint density at radius 3 is 1.22 bits per heavy atom. The summed E-state index contributed by atoms with van der Waals surface area (Å²) in [6.45, 7) is 1.85. The van der Waals surface area contributed by atoms with Crippen molar-refractivity contribution in [3.05, 3.63) is 73.3 Å². The topological polar surface area (TPSA) is 7.76 Å². The fourth-order valence-corrected chi connectivity index (χ4v) is 1.50. The van der Waals surface area contributed by atoms with Crippen molar-refractivity contribution >= 4 is 0 Å². The summed E-state index contributed by atoms with van der Waals surface area (Å²) >= 11 is 0. The fourth-order valence-electron chi connectivity index (χ4n) is 1.50. The van der Waals surface area contributed by atoms with E-state index in [4.69, 9.17) is 0 Å². The quantitative estimate of drug-likeness (QED) is 0.395. The third-order valence-corrected chi connectivity index (χ3v) is 2.35. The van der Waals surface area contributed by atoms with Gasteiger partial charge in [-0.25, -0.2) is 9.13 Å². The van der Waals surface area contributed by atoms with E-state index in [1.54, 1.807) is 0 Å². The zero-order chi connectivity index (χ0) is 11.1. The predicted molar refractivity (Wildman–Crippen MR) is 62.4 cm³/mol. The Bertz CT molecular complexity index is 400. The number of nitrogens with zero attached hydrogens (tertiary/aromatic N) is 2. The highest BCUT2D eigenvalue weighted by molar-refractivity contribution is 4.85. The first-order chi connectivity index (χ1) is 7.95. The van der Waals surface area contributed by atoms with Crippen LogP contribution in [-0.2, 0) is 13.1 Å². The van der Waals surface area contributed by atoms with Gasteiger partial charge >= 0.3 is 0 Å². The third-order valence-electron chi connectivity index (χ3n) is 2.35. The van der Waals surface area contributed by atoms with Gasteiger partial charge in [-0.05, 0) is 12.2 Å². The molecule has 0 N–H and O–H groups in total. The van der Waals surface area contributed by atoms with Crippen LogP contribution in [0.15, 0.2) is 73.3 Å². The van der Waals surface area contributed by atoms with Gasteiger partial charge in [0.1, 0.15) is 0 Å². The van der Waals surface area contributed by atoms with Crippen molar-refractivity contribution in [3.8, 4) is 0 Å². The maximum absolute atomic E-state index is 2.18. The summed E-state index contributed by atoms with van der Waals surface area (Å²) in [5.41, 5.74) is 0. The highest BCUT2D eigenvalue weighted by Crippen LogP contribution is 1.81. The first-order valence-corrected chi connectivity index (χ1v) is 5.48. The van der Waals surface area contributed by atoms with Crippen LogP contribution in [0.5, 0.6) is 0 Å². The number of hydrogen-bond donors (Lipinski definition) is 0. The van der Waals surface area contributed by atoms with E-state index in [0.29, 0.717) is 0 Å². The number of rotatable bonds is 4. The molecule has 2 nitrogen and oxygen atoms in total. The second kappa shape index (κ2) is 9.63. The van der Waals surface area contributed by atoms with Crippen LogP contribution < -0.4 is 33.9 Å². The van der Waals surface area contributed by atoms with E-state index < -0.39 is 0 Å². The Morgan fingerprint density at radius 2 is 0.889 bits per heavy atom. The Labute approximate surface area is 120 Å². The number of halogens is 2. The lowest BCUT2D eigenvalue weighted by Gasteiger charge is -1.90. The van der Waals surface area contributed by atoms with Crippen LogP contribution in [0.4, 0.5) is 0 Å². The number of allylic oxidation sites excluding steroid dienone is 2. The van der Waals surface area contributed by atoms with Gasteiger partial charge in [-0.3, -0.25) is 0 Å². The summed E-state index contributed by atoms with van der Waals surface area (Å²) in [6.07, 6.45) is 12.6. The van der Waals surface area contributed by atoms with Crippen molar-refractivity contribution in [3.63, 3.8) is 0 Å². The minimum absolute atomic E-state index is 0. The molecule has 0 bridgehead atoms. The van der Waals surface area contributed by atoms with Crippen LogP contribution in [0.25, 0.3) is 0 Å². The summed E-state index contributed by atoms with van der Waals surface area (Å²) in [4.78, 5) is 0. The summed E-state index contributed by atoms with van der Waals surface area (Å²) in [7, 11) is 0. The largest absolute Gasteiger partial charge is 1.00 e. The minimum atomic E-state index is 0. The lowest BCUT2D eigenvalue weighted by molar-refractivity contribution is -0.691. The van der Waals surface area contributed by atoms with Gasteiger partial charge in [0.2, 0.25) is 0 Å². The van der Waals surface area contributed by atoms with Crippen LogP contribution in [0.1, 0.15) is 0 Å². The number of hydrogen-bond acceptors (Lipinski definition) is 0. The third kappa shape index (κ3) is 5.80. The molecule has 0 saturated heterocycles. The standard InChI is InChI=1S/C14H16N2.2ClH/c1-3-9-15(10-4-1)13-7-8-14-16-11-5-2-6-12-16;;/h1-12H,13-14H2;2*1H/q+2;;/p-2/b8-7-;;. The molecule has 0 aliphatic heterocycles. The van der Waals surface area contributed by atoms with Gasteiger partial charge in [-0.2, -0.15) is 0 Å². The van der Waals surface area contributed by atoms with Gasteiger partial charge in [0.25, 0.3) is 0 Å². The van der Waals surface area contributed by atoms with E-state index in [1.165, 1.54) is 0 Å². The lowest BCUT2D eigenvalue weighted by Crippen LogP contribution is -3.00. The van der Waals surface area contributed by atoms with Gasteiger partial charge < -0.3 is 24.8 Å². The summed E-state index contributed by atoms with van der Waals surface area (Å²) in [5.74, 6) is 0. The summed E-state index contributed by atoms with van der Waals surface area (Å²) in [5, 5.41) is 0. The average molecular weight is 283 g/mol. The van der Waals surface area contributed by atoms with Crippen molar-refractivity contribution in [1.82, 2.24) is 0 Å². The molecule has 0 aliphatic rings. The van der Waals surface area contributed by atoms with E-state index in [2.05, 4.69) is 46.1 Å². The van der Waals surface area contributed by atoms with E-state index in [9.17, 15) is 0 Å². The van der Waals surface area contributed by atoms with Gasteiger partial charge in [0, 0.05) is 24.3 Å². The van der Waals surface area contributed by atoms with Crippen molar-refractivity contribution < 1.29 is 33.9 Å². The molecule has 18 heavy (non-hydrogen) atoms. The molecule has 0 saturated carbocycles. The maximum Gasteiger partial charge on any atom is 0.169 e. The molecule has 0 amide bonds. The Hall–Kier alpha value is -1.38. The first-order valence-electron chi connectivity index (χ1n) is 5.48. The van der Waals surface area contributed by atoms with Crippen LogP contribution in [0, 0.1) is 0 Å². The molecule has 0 aromatic carbocycles. The Balaban J connectivity index is 0.00000144. The maximum atomic E-state index is 2.18. The van der Waals surface area contributed by atoms with Gasteiger partial charge in [-0.1, -0.05) is 12.1 Å². The van der Waals surface area contributed by atoms with E-state index in [1.807, 2.05) is 36.4 Å². The predicted octanol–water partition coefficient (Wildman–Crippen LogP) is -4.47. The highest BCUT2D eigenvalue weighted by Gasteiger charge is 1.94. The molecule has 2 rings (SSSR count). The molecule has 0 fully saturated rings. The molecule has 0 atom stereocenters. The van der Waals surface area contributed by atoms with E-state index >= 15 is 0 Å². The molecule has 2 heterocycles. The van der Waals surface area contributed by atoms with E-state index in [0.717, 1.165) is 13.1 Å². The highest BCUT2D eigenvalue weighted by atomic mass is 35.5. The van der Waals surface area contributed by atoms with Crippen molar-refractivity contribution in [2.45, 2.75) is 13.1 Å². The van der Waals surface area contributed by atoms with Crippen LogP contribution in [0.2, 0.25) is 0 Å². The molecular formula is C14H16Cl2N2. The molecule has 4 heteroatoms. The molecule has 96 valence electrons. The van der Waals surface area contributed by atoms with Gasteiger partial charge in [-0.15, -0.1) is 0 Å². The van der Waals surface area contributed by atoms with Crippen LogP contribution >= 0.6 is 0 Å². The lowest BCUT2D eigenvalue weighted by atomic mass is 10.4. The molecule has 2 aromatic heterocycles. The first kappa shape index (κ1) is 16.6. The number of pyridine rings is 2. The van der Waals surface area contributed by atoms with Crippen molar-refractivity contribution in [2.75, 3.05) is 0 Å². The van der Waals surface area contributed by atoms with Gasteiger partial charge in [0.15, 0.2) is 37.9 Å². The molecule has 0 radical (unpaired) electrons. The van der Waals surface area contributed by atoms with Crippen LogP contribution in [0.3, 0.4) is 0 Å². The minimum Gasteiger partial charge on any atom is -1.00 e. The van der Waals surface area contributed by atoms with Gasteiger partial charge in [0.05, 0.1) is 0 Å². The average Bonchev–Trinajstić information content (AvgIpc) is 2.37. The monoisotopic (exact) mass is 282 g/mol. The SMILES string of the molecule is C(=C/C[n+]1ccccc1)/C[n+]1ccccc1.[Cl-].[Cl-].